The van der Waals surface area contributed by atoms with Gasteiger partial charge in [-0.2, -0.15) is 0 Å². The van der Waals surface area contributed by atoms with Crippen LogP contribution in [0.5, 0.6) is 0 Å². The lowest BCUT2D eigenvalue weighted by atomic mass is 10.0. The van der Waals surface area contributed by atoms with E-state index >= 15 is 0 Å². The van der Waals surface area contributed by atoms with Crippen LogP contribution >= 0.6 is 0 Å². The van der Waals surface area contributed by atoms with Crippen molar-refractivity contribution in [1.29, 1.82) is 0 Å². The van der Waals surface area contributed by atoms with Gasteiger partial charge in [0.05, 0.1) is 6.61 Å². The van der Waals surface area contributed by atoms with Crippen molar-refractivity contribution in [2.24, 2.45) is 0 Å². The molecule has 360 valence electrons. The summed E-state index contributed by atoms with van der Waals surface area (Å²) in [5, 5.41) is 9.63. The first-order chi connectivity index (χ1) is 30.1. The number of hydrogen-bond donors (Lipinski definition) is 1. The minimum Gasteiger partial charge on any atom is -0.462 e. The van der Waals surface area contributed by atoms with Gasteiger partial charge in [-0.3, -0.25) is 9.59 Å². The summed E-state index contributed by atoms with van der Waals surface area (Å²) in [4.78, 5) is 24.4. The first-order valence-electron chi connectivity index (χ1n) is 27.4. The number of allylic oxidation sites excluding steroid dienone is 4. The van der Waals surface area contributed by atoms with Crippen molar-refractivity contribution in [3.8, 4) is 0 Å². The molecule has 1 unspecified atom stereocenters. The molecule has 0 aromatic carbocycles. The predicted octanol–water partition coefficient (Wildman–Crippen LogP) is 18.1. The highest BCUT2D eigenvalue weighted by Gasteiger charge is 2.16. The second-order valence-corrected chi connectivity index (χ2v) is 18.7. The Morgan fingerprint density at radius 2 is 0.656 bits per heavy atom. The van der Waals surface area contributed by atoms with Gasteiger partial charge in [-0.25, -0.2) is 0 Å². The van der Waals surface area contributed by atoms with Gasteiger partial charge in [0.15, 0.2) is 6.10 Å². The Balaban J connectivity index is 3.41. The third-order valence-electron chi connectivity index (χ3n) is 12.5. The summed E-state index contributed by atoms with van der Waals surface area (Å²) >= 11 is 0. The van der Waals surface area contributed by atoms with Gasteiger partial charge < -0.3 is 14.6 Å². The van der Waals surface area contributed by atoms with E-state index in [1.54, 1.807) is 0 Å². The lowest BCUT2D eigenvalue weighted by molar-refractivity contribution is -0.161. The number of aliphatic hydroxyl groups is 1. The first-order valence-corrected chi connectivity index (χ1v) is 27.4. The summed E-state index contributed by atoms with van der Waals surface area (Å²) in [6.07, 6.45) is 65.8. The molecular formula is C56H106O5. The van der Waals surface area contributed by atoms with E-state index < -0.39 is 6.10 Å². The van der Waals surface area contributed by atoms with Crippen molar-refractivity contribution in [3.05, 3.63) is 24.3 Å². The molecule has 0 aromatic rings. The van der Waals surface area contributed by atoms with Crippen LogP contribution in [0.2, 0.25) is 0 Å². The zero-order chi connectivity index (χ0) is 44.2. The standard InChI is InChI=1S/C56H106O5/c1-3-5-7-9-11-13-15-17-19-21-22-23-24-25-26-27-28-29-30-31-32-33-34-35-37-39-41-43-45-47-49-51-56(59)61-54(52-57)53-60-55(58)50-48-46-44-42-40-38-36-20-18-16-14-12-10-8-6-4-2/h15,17,21-22,54,57H,3-14,16,18-20,23-53H2,1-2H3/b17-15-,22-21-. The van der Waals surface area contributed by atoms with Gasteiger partial charge >= 0.3 is 11.9 Å². The second kappa shape index (κ2) is 52.7. The summed E-state index contributed by atoms with van der Waals surface area (Å²) in [5.74, 6) is -0.571. The van der Waals surface area contributed by atoms with Gasteiger partial charge in [-0.1, -0.05) is 269 Å². The Hall–Kier alpha value is -1.62. The maximum atomic E-state index is 12.3. The number of unbranched alkanes of at least 4 members (excludes halogenated alkanes) is 39. The van der Waals surface area contributed by atoms with Gasteiger partial charge in [0.2, 0.25) is 0 Å². The molecule has 0 aromatic heterocycles. The average molecular weight is 859 g/mol. The molecule has 0 aliphatic rings. The molecule has 61 heavy (non-hydrogen) atoms. The van der Waals surface area contributed by atoms with E-state index in [0.29, 0.717) is 12.8 Å². The molecule has 1 N–H and O–H groups in total. The van der Waals surface area contributed by atoms with E-state index in [1.165, 1.54) is 238 Å². The first kappa shape index (κ1) is 59.4. The monoisotopic (exact) mass is 859 g/mol. The molecule has 0 bridgehead atoms. The molecule has 5 nitrogen and oxygen atoms in total. The highest BCUT2D eigenvalue weighted by atomic mass is 16.6. The fourth-order valence-corrected chi connectivity index (χ4v) is 8.35. The van der Waals surface area contributed by atoms with Crippen LogP contribution in [0.1, 0.15) is 303 Å². The van der Waals surface area contributed by atoms with Crippen LogP contribution in [0.15, 0.2) is 24.3 Å². The van der Waals surface area contributed by atoms with Crippen molar-refractivity contribution in [3.63, 3.8) is 0 Å². The van der Waals surface area contributed by atoms with Crippen molar-refractivity contribution < 1.29 is 24.2 Å². The van der Waals surface area contributed by atoms with Crippen molar-refractivity contribution in [2.45, 2.75) is 309 Å². The lowest BCUT2D eigenvalue weighted by Crippen LogP contribution is -2.28. The maximum absolute atomic E-state index is 12.3. The minimum absolute atomic E-state index is 0.0586. The molecule has 0 spiro atoms. The van der Waals surface area contributed by atoms with Crippen LogP contribution in [-0.2, 0) is 19.1 Å². The average Bonchev–Trinajstić information content (AvgIpc) is 3.26. The third kappa shape index (κ3) is 50.9. The van der Waals surface area contributed by atoms with E-state index in [4.69, 9.17) is 9.47 Å². The molecule has 0 saturated carbocycles. The number of hydrogen-bond acceptors (Lipinski definition) is 5. The van der Waals surface area contributed by atoms with Gasteiger partial charge in [-0.15, -0.1) is 0 Å². The summed E-state index contributed by atoms with van der Waals surface area (Å²) < 4.78 is 10.7. The number of esters is 2. The van der Waals surface area contributed by atoms with E-state index in [9.17, 15) is 14.7 Å². The summed E-state index contributed by atoms with van der Waals surface area (Å²) in [6.45, 7) is 4.17. The Labute approximate surface area is 381 Å². The Morgan fingerprint density at radius 1 is 0.377 bits per heavy atom. The number of aliphatic hydroxyl groups excluding tert-OH is 1. The van der Waals surface area contributed by atoms with Crippen LogP contribution in [0.25, 0.3) is 0 Å². The minimum atomic E-state index is -0.766. The van der Waals surface area contributed by atoms with Crippen LogP contribution in [0.3, 0.4) is 0 Å². The normalized spacial score (nSPS) is 12.2. The molecule has 5 heteroatoms. The van der Waals surface area contributed by atoms with Gasteiger partial charge in [0.1, 0.15) is 6.61 Å². The van der Waals surface area contributed by atoms with E-state index in [0.717, 1.165) is 38.5 Å². The topological polar surface area (TPSA) is 72.8 Å². The van der Waals surface area contributed by atoms with Crippen molar-refractivity contribution >= 4 is 11.9 Å². The van der Waals surface area contributed by atoms with Gasteiger partial charge in [-0.05, 0) is 44.9 Å². The number of carbonyl (C=O) groups excluding carboxylic acids is 2. The second-order valence-electron chi connectivity index (χ2n) is 18.7. The Kier molecular flexibility index (Phi) is 51.3. The van der Waals surface area contributed by atoms with Gasteiger partial charge in [0.25, 0.3) is 0 Å². The fraction of sp³-hybridized carbons (Fsp3) is 0.893. The molecule has 0 aliphatic heterocycles. The number of rotatable bonds is 51. The highest BCUT2D eigenvalue weighted by molar-refractivity contribution is 5.70. The van der Waals surface area contributed by atoms with E-state index in [1.807, 2.05) is 0 Å². The van der Waals surface area contributed by atoms with Crippen molar-refractivity contribution in [1.82, 2.24) is 0 Å². The lowest BCUT2D eigenvalue weighted by Gasteiger charge is -2.15. The molecule has 0 heterocycles. The van der Waals surface area contributed by atoms with Crippen LogP contribution in [0, 0.1) is 0 Å². The molecular weight excluding hydrogens is 753 g/mol. The molecule has 1 atom stereocenters. The van der Waals surface area contributed by atoms with Crippen LogP contribution in [-0.4, -0.2) is 36.4 Å². The summed E-state index contributed by atoms with van der Waals surface area (Å²) in [7, 11) is 0. The van der Waals surface area contributed by atoms with E-state index in [-0.39, 0.29) is 25.2 Å². The number of ether oxygens (including phenoxy) is 2. The molecule has 0 fully saturated rings. The Morgan fingerprint density at radius 3 is 0.967 bits per heavy atom. The zero-order valence-electron chi connectivity index (χ0n) is 41.2. The zero-order valence-corrected chi connectivity index (χ0v) is 41.2. The molecule has 0 saturated heterocycles. The van der Waals surface area contributed by atoms with Gasteiger partial charge in [0, 0.05) is 12.8 Å². The quantitative estimate of drug-likeness (QED) is 0.0375. The molecule has 0 radical (unpaired) electrons. The summed E-state index contributed by atoms with van der Waals surface area (Å²) in [5.41, 5.74) is 0. The van der Waals surface area contributed by atoms with Crippen LogP contribution < -0.4 is 0 Å². The van der Waals surface area contributed by atoms with Crippen molar-refractivity contribution in [2.75, 3.05) is 13.2 Å². The fourth-order valence-electron chi connectivity index (χ4n) is 8.35. The smallest absolute Gasteiger partial charge is 0.306 e. The molecule has 0 rings (SSSR count). The Bertz CT molecular complexity index is 928. The summed E-state index contributed by atoms with van der Waals surface area (Å²) in [6, 6.07) is 0. The van der Waals surface area contributed by atoms with E-state index in [2.05, 4.69) is 38.2 Å². The molecule has 0 amide bonds. The largest absolute Gasteiger partial charge is 0.462 e. The van der Waals surface area contributed by atoms with Crippen LogP contribution in [0.4, 0.5) is 0 Å². The molecule has 0 aliphatic carbocycles. The number of carbonyl (C=O) groups is 2. The third-order valence-corrected chi connectivity index (χ3v) is 12.5. The predicted molar refractivity (Wildman–Crippen MR) is 265 cm³/mol. The maximum Gasteiger partial charge on any atom is 0.306 e. The SMILES string of the molecule is CCCCCCC/C=C\C/C=C\CCCCCCCCCCCCCCCCCCCCCC(=O)OC(CO)COC(=O)CCCCCCCCCCCCCCCCCC. The highest BCUT2D eigenvalue weighted by Crippen LogP contribution is 2.17.